The first-order chi connectivity index (χ1) is 32.7. The molecule has 0 radical (unpaired) electrons. The number of esters is 1. The lowest BCUT2D eigenvalue weighted by Gasteiger charge is -2.41. The molecule has 1 amide bonds. The van der Waals surface area contributed by atoms with Crippen LogP contribution in [0.3, 0.4) is 0 Å². The summed E-state index contributed by atoms with van der Waals surface area (Å²) in [4.78, 5) is 26.3. The van der Waals surface area contributed by atoms with Crippen LogP contribution in [0.25, 0.3) is 0 Å². The fourth-order valence-corrected chi connectivity index (χ4v) is 8.07. The number of unbranched alkanes of at least 4 members (excludes halogenated alkanes) is 22. The zero-order valence-corrected chi connectivity index (χ0v) is 42.5. The molecule has 0 aromatic rings. The van der Waals surface area contributed by atoms with Gasteiger partial charge in [-0.2, -0.15) is 0 Å². The minimum atomic E-state index is -1.62. The Morgan fingerprint density at radius 2 is 1.07 bits per heavy atom. The second kappa shape index (κ2) is 44.6. The van der Waals surface area contributed by atoms with E-state index in [4.69, 9.17) is 14.2 Å². The minimum Gasteiger partial charge on any atom is -0.454 e. The second-order valence-electron chi connectivity index (χ2n) is 18.6. The van der Waals surface area contributed by atoms with Crippen LogP contribution in [0.1, 0.15) is 220 Å². The summed E-state index contributed by atoms with van der Waals surface area (Å²) in [6.45, 7) is 5.61. The van der Waals surface area contributed by atoms with Gasteiger partial charge in [-0.25, -0.2) is 0 Å². The number of amides is 1. The molecule has 0 aromatic heterocycles. The van der Waals surface area contributed by atoms with Gasteiger partial charge in [-0.15, -0.1) is 0 Å². The van der Waals surface area contributed by atoms with Crippen LogP contribution in [0.4, 0.5) is 0 Å². The topological polar surface area (TPSA) is 175 Å². The van der Waals surface area contributed by atoms with Gasteiger partial charge < -0.3 is 45.1 Å². The number of ether oxygens (including phenoxy) is 3. The first-order valence-electron chi connectivity index (χ1n) is 27.1. The lowest BCUT2D eigenvalue weighted by atomic mass is 9.99. The summed E-state index contributed by atoms with van der Waals surface area (Å²) in [6, 6.07) is -1.04. The molecular weight excluding hydrogens is 847 g/mol. The molecular formula is C56H99NO10. The third-order valence-corrected chi connectivity index (χ3v) is 12.4. The van der Waals surface area contributed by atoms with E-state index in [1.165, 1.54) is 83.5 Å². The van der Waals surface area contributed by atoms with Gasteiger partial charge in [0.05, 0.1) is 25.4 Å². The van der Waals surface area contributed by atoms with Gasteiger partial charge in [0.2, 0.25) is 5.91 Å². The summed E-state index contributed by atoms with van der Waals surface area (Å²) in [6.07, 6.45) is 42.7. The monoisotopic (exact) mass is 946 g/mol. The molecule has 1 aliphatic rings. The summed E-state index contributed by atoms with van der Waals surface area (Å²) < 4.78 is 17.5. The van der Waals surface area contributed by atoms with Crippen LogP contribution in [0.2, 0.25) is 0 Å². The van der Waals surface area contributed by atoms with Crippen molar-refractivity contribution in [2.24, 2.45) is 0 Å². The Morgan fingerprint density at radius 1 is 0.597 bits per heavy atom. The van der Waals surface area contributed by atoms with E-state index in [2.05, 4.69) is 74.7 Å². The maximum atomic E-state index is 13.3. The van der Waals surface area contributed by atoms with Crippen LogP contribution in [-0.4, -0.2) is 99.6 Å². The van der Waals surface area contributed by atoms with Crippen molar-refractivity contribution in [3.63, 3.8) is 0 Å². The molecule has 67 heavy (non-hydrogen) atoms. The molecule has 0 spiro atoms. The molecule has 0 saturated carbocycles. The predicted molar refractivity (Wildman–Crippen MR) is 273 cm³/mol. The largest absolute Gasteiger partial charge is 0.454 e. The highest BCUT2D eigenvalue weighted by Gasteiger charge is 2.47. The van der Waals surface area contributed by atoms with Gasteiger partial charge in [-0.3, -0.25) is 9.59 Å². The zero-order chi connectivity index (χ0) is 49.0. The summed E-state index contributed by atoms with van der Waals surface area (Å²) in [5, 5.41) is 56.6. The maximum absolute atomic E-state index is 13.3. The number of hydrogen-bond acceptors (Lipinski definition) is 10. The standard InChI is InChI=1S/C56H99NO10/c1-4-7-10-13-16-19-22-24-26-29-32-35-38-41-44-51(61)67-54-53(63)52(62)50(45-58)66-56(54)65-46-47(48(59)42-39-36-33-30-27-21-18-15-12-9-6-3)57-55(64)49(60)43-40-37-34-31-28-25-23-20-17-14-11-8-5-2/h8,11,17,20,25-26,28-29,39,42,47-50,52-54,56,58-60,62-63H,4-7,9-10,12-16,18-19,21-24,27,30-38,40-41,43-46H2,1-3H3,(H,57,64)/b11-8+,20-17+,28-25+,29-26-,42-39+. The van der Waals surface area contributed by atoms with E-state index in [0.29, 0.717) is 12.8 Å². The smallest absolute Gasteiger partial charge is 0.306 e. The molecule has 1 fully saturated rings. The number of aliphatic hydroxyl groups is 5. The summed E-state index contributed by atoms with van der Waals surface area (Å²) in [5.74, 6) is -1.24. The van der Waals surface area contributed by atoms with Crippen molar-refractivity contribution in [2.45, 2.75) is 269 Å². The molecule has 8 unspecified atom stereocenters. The van der Waals surface area contributed by atoms with Crippen molar-refractivity contribution in [2.75, 3.05) is 13.2 Å². The molecule has 0 aliphatic carbocycles. The number of hydrogen-bond donors (Lipinski definition) is 6. The number of carbonyl (C=O) groups is 2. The summed E-state index contributed by atoms with van der Waals surface area (Å²) in [7, 11) is 0. The van der Waals surface area contributed by atoms with Crippen LogP contribution in [0.15, 0.2) is 60.8 Å². The SMILES string of the molecule is CC/C=C/C/C=C/C/C=C/CCCCCC(O)C(=O)NC(COC1OC(CO)C(O)C(O)C1OC(=O)CCCCC/C=C\CCCCCCCCC)C(O)/C=C/CCCCCCCCCCC. The molecule has 11 nitrogen and oxygen atoms in total. The second-order valence-corrected chi connectivity index (χ2v) is 18.6. The molecule has 0 bridgehead atoms. The van der Waals surface area contributed by atoms with Gasteiger partial charge in [0, 0.05) is 6.42 Å². The lowest BCUT2D eigenvalue weighted by molar-refractivity contribution is -0.305. The Labute approximate surface area is 408 Å². The van der Waals surface area contributed by atoms with Gasteiger partial charge in [0.25, 0.3) is 0 Å². The average molecular weight is 946 g/mol. The molecule has 1 heterocycles. The first kappa shape index (κ1) is 62.4. The Kier molecular flexibility index (Phi) is 41.5. The highest BCUT2D eigenvalue weighted by atomic mass is 16.7. The Morgan fingerprint density at radius 3 is 1.63 bits per heavy atom. The van der Waals surface area contributed by atoms with Crippen LogP contribution >= 0.6 is 0 Å². The number of carbonyl (C=O) groups excluding carboxylic acids is 2. The predicted octanol–water partition coefficient (Wildman–Crippen LogP) is 11.5. The average Bonchev–Trinajstić information content (AvgIpc) is 3.32. The third kappa shape index (κ3) is 33.5. The fraction of sp³-hybridized carbons (Fsp3) is 0.786. The van der Waals surface area contributed by atoms with E-state index < -0.39 is 67.4 Å². The van der Waals surface area contributed by atoms with Crippen LogP contribution in [0, 0.1) is 0 Å². The van der Waals surface area contributed by atoms with Gasteiger partial charge >= 0.3 is 5.97 Å². The van der Waals surface area contributed by atoms with Crippen molar-refractivity contribution in [3.05, 3.63) is 60.8 Å². The number of nitrogens with one attached hydrogen (secondary N) is 1. The molecule has 11 heteroatoms. The third-order valence-electron chi connectivity index (χ3n) is 12.4. The van der Waals surface area contributed by atoms with Gasteiger partial charge in [0.1, 0.15) is 24.4 Å². The van der Waals surface area contributed by atoms with Crippen LogP contribution in [0.5, 0.6) is 0 Å². The Hall–Kier alpha value is -2.64. The van der Waals surface area contributed by atoms with Gasteiger partial charge in [-0.1, -0.05) is 191 Å². The van der Waals surface area contributed by atoms with Crippen LogP contribution in [-0.2, 0) is 23.8 Å². The van der Waals surface area contributed by atoms with E-state index in [9.17, 15) is 35.1 Å². The highest BCUT2D eigenvalue weighted by Crippen LogP contribution is 2.26. The summed E-state index contributed by atoms with van der Waals surface area (Å²) in [5.41, 5.74) is 0. The number of rotatable bonds is 44. The van der Waals surface area contributed by atoms with Crippen molar-refractivity contribution in [3.8, 4) is 0 Å². The van der Waals surface area contributed by atoms with Crippen molar-refractivity contribution in [1.29, 1.82) is 0 Å². The van der Waals surface area contributed by atoms with E-state index in [1.807, 2.05) is 6.08 Å². The zero-order valence-electron chi connectivity index (χ0n) is 42.5. The number of allylic oxidation sites excluding steroid dienone is 9. The van der Waals surface area contributed by atoms with Gasteiger partial charge in [-0.05, 0) is 83.5 Å². The first-order valence-corrected chi connectivity index (χ1v) is 27.1. The minimum absolute atomic E-state index is 0.0992. The summed E-state index contributed by atoms with van der Waals surface area (Å²) >= 11 is 0. The van der Waals surface area contributed by atoms with Crippen molar-refractivity contribution >= 4 is 11.9 Å². The van der Waals surface area contributed by atoms with E-state index >= 15 is 0 Å². The highest BCUT2D eigenvalue weighted by molar-refractivity contribution is 5.80. The van der Waals surface area contributed by atoms with E-state index in [-0.39, 0.29) is 19.4 Å². The number of aliphatic hydroxyl groups excluding tert-OH is 5. The van der Waals surface area contributed by atoms with Crippen molar-refractivity contribution < 1.29 is 49.3 Å². The normalized spacial score (nSPS) is 20.5. The Balaban J connectivity index is 2.79. The quantitative estimate of drug-likeness (QED) is 0.0196. The molecule has 0 aromatic carbocycles. The van der Waals surface area contributed by atoms with Crippen LogP contribution < -0.4 is 5.32 Å². The molecule has 8 atom stereocenters. The van der Waals surface area contributed by atoms with E-state index in [1.54, 1.807) is 6.08 Å². The molecule has 1 saturated heterocycles. The molecule has 388 valence electrons. The van der Waals surface area contributed by atoms with E-state index in [0.717, 1.165) is 89.9 Å². The van der Waals surface area contributed by atoms with Gasteiger partial charge in [0.15, 0.2) is 12.4 Å². The lowest BCUT2D eigenvalue weighted by Crippen LogP contribution is -2.61. The molecule has 1 rings (SSSR count). The molecule has 6 N–H and O–H groups in total. The Bertz CT molecular complexity index is 1320. The fourth-order valence-electron chi connectivity index (χ4n) is 8.07. The van der Waals surface area contributed by atoms with Crippen molar-refractivity contribution in [1.82, 2.24) is 5.32 Å². The molecule has 1 aliphatic heterocycles. The maximum Gasteiger partial charge on any atom is 0.306 e.